The highest BCUT2D eigenvalue weighted by atomic mass is 35.5. The van der Waals surface area contributed by atoms with Crippen molar-refractivity contribution in [2.45, 2.75) is 18.7 Å². The number of thioether (sulfide) groups is 1. The zero-order chi connectivity index (χ0) is 19.1. The molecule has 0 saturated carbocycles. The van der Waals surface area contributed by atoms with Crippen molar-refractivity contribution >= 4 is 40.9 Å². The minimum Gasteiger partial charge on any atom is -0.496 e. The van der Waals surface area contributed by atoms with Crippen LogP contribution in [0, 0.1) is 6.92 Å². The van der Waals surface area contributed by atoms with Gasteiger partial charge in [0.25, 0.3) is 0 Å². The van der Waals surface area contributed by atoms with Gasteiger partial charge in [0, 0.05) is 11.0 Å². The third-order valence-electron chi connectivity index (χ3n) is 3.45. The standard InChI is InChI=1S/C19H20ClNO4S/c1-4-25-19(23)14-9-15(20)16(10-17(14)24-3)21-18(22)11-26-13-7-5-12(2)6-8-13/h5-10H,4,11H2,1-3H3,(H,21,22). The van der Waals surface area contributed by atoms with E-state index in [1.807, 2.05) is 31.2 Å². The third kappa shape index (κ3) is 5.41. The van der Waals surface area contributed by atoms with Crippen LogP contribution < -0.4 is 10.1 Å². The van der Waals surface area contributed by atoms with Crippen LogP contribution in [0.4, 0.5) is 5.69 Å². The van der Waals surface area contributed by atoms with Gasteiger partial charge in [0.1, 0.15) is 11.3 Å². The van der Waals surface area contributed by atoms with Crippen molar-refractivity contribution in [3.63, 3.8) is 0 Å². The molecule has 0 heterocycles. The Morgan fingerprint density at radius 1 is 1.19 bits per heavy atom. The van der Waals surface area contributed by atoms with Gasteiger partial charge in [0.05, 0.1) is 30.2 Å². The number of ether oxygens (including phenoxy) is 2. The SMILES string of the molecule is CCOC(=O)c1cc(Cl)c(NC(=O)CSc2ccc(C)cc2)cc1OC. The molecule has 0 radical (unpaired) electrons. The maximum atomic E-state index is 12.2. The summed E-state index contributed by atoms with van der Waals surface area (Å²) in [5, 5.41) is 2.98. The average Bonchev–Trinajstić information content (AvgIpc) is 2.62. The Bertz CT molecular complexity index is 793. The lowest BCUT2D eigenvalue weighted by Gasteiger charge is -2.13. The lowest BCUT2D eigenvalue weighted by Crippen LogP contribution is -2.15. The number of carbonyl (C=O) groups is 2. The molecule has 138 valence electrons. The fraction of sp³-hybridized carbons (Fsp3) is 0.263. The third-order valence-corrected chi connectivity index (χ3v) is 4.77. The van der Waals surface area contributed by atoms with Gasteiger partial charge in [0.15, 0.2) is 0 Å². The van der Waals surface area contributed by atoms with Crippen LogP contribution in [0.25, 0.3) is 0 Å². The number of nitrogens with one attached hydrogen (secondary N) is 1. The van der Waals surface area contributed by atoms with Crippen LogP contribution in [0.5, 0.6) is 5.75 Å². The molecule has 2 rings (SSSR count). The Labute approximate surface area is 162 Å². The monoisotopic (exact) mass is 393 g/mol. The summed E-state index contributed by atoms with van der Waals surface area (Å²) in [6.45, 7) is 3.97. The van der Waals surface area contributed by atoms with Crippen LogP contribution in [0.2, 0.25) is 5.02 Å². The number of aryl methyl sites for hydroxylation is 1. The van der Waals surface area contributed by atoms with Crippen molar-refractivity contribution in [1.82, 2.24) is 0 Å². The number of rotatable bonds is 7. The van der Waals surface area contributed by atoms with E-state index in [2.05, 4.69) is 5.32 Å². The van der Waals surface area contributed by atoms with E-state index in [9.17, 15) is 9.59 Å². The highest BCUT2D eigenvalue weighted by Gasteiger charge is 2.18. The zero-order valence-corrected chi connectivity index (χ0v) is 16.4. The van der Waals surface area contributed by atoms with Gasteiger partial charge in [-0.25, -0.2) is 4.79 Å². The molecule has 0 aliphatic heterocycles. The zero-order valence-electron chi connectivity index (χ0n) is 14.8. The first kappa shape index (κ1) is 20.1. The normalized spacial score (nSPS) is 10.3. The van der Waals surface area contributed by atoms with Gasteiger partial charge in [-0.1, -0.05) is 29.3 Å². The Kier molecular flexibility index (Phi) is 7.36. The Balaban J connectivity index is 2.07. The number of amides is 1. The van der Waals surface area contributed by atoms with Gasteiger partial charge in [-0.05, 0) is 32.0 Å². The van der Waals surface area contributed by atoms with Crippen molar-refractivity contribution in [3.8, 4) is 5.75 Å². The predicted octanol–water partition coefficient (Wildman–Crippen LogP) is 4.56. The molecule has 2 aromatic rings. The molecular weight excluding hydrogens is 374 g/mol. The quantitative estimate of drug-likeness (QED) is 0.551. The van der Waals surface area contributed by atoms with Gasteiger partial charge in [-0.2, -0.15) is 0 Å². The number of methoxy groups -OCH3 is 1. The second-order valence-electron chi connectivity index (χ2n) is 5.40. The van der Waals surface area contributed by atoms with Crippen LogP contribution in [0.1, 0.15) is 22.8 Å². The number of anilines is 1. The van der Waals surface area contributed by atoms with E-state index in [-0.39, 0.29) is 34.6 Å². The summed E-state index contributed by atoms with van der Waals surface area (Å²) in [6, 6.07) is 10.9. The van der Waals surface area contributed by atoms with E-state index in [1.165, 1.54) is 36.6 Å². The summed E-state index contributed by atoms with van der Waals surface area (Å²) < 4.78 is 10.2. The number of hydrogen-bond donors (Lipinski definition) is 1. The maximum Gasteiger partial charge on any atom is 0.341 e. The van der Waals surface area contributed by atoms with Gasteiger partial charge < -0.3 is 14.8 Å². The molecule has 0 aliphatic carbocycles. The summed E-state index contributed by atoms with van der Waals surface area (Å²) in [4.78, 5) is 25.2. The van der Waals surface area contributed by atoms with Crippen molar-refractivity contribution in [2.75, 3.05) is 24.8 Å². The van der Waals surface area contributed by atoms with Crippen LogP contribution in [-0.2, 0) is 9.53 Å². The number of halogens is 1. The van der Waals surface area contributed by atoms with Gasteiger partial charge in [-0.3, -0.25) is 4.79 Å². The molecule has 0 fully saturated rings. The van der Waals surface area contributed by atoms with Crippen LogP contribution >= 0.6 is 23.4 Å². The van der Waals surface area contributed by atoms with E-state index >= 15 is 0 Å². The molecule has 0 bridgehead atoms. The molecule has 5 nitrogen and oxygen atoms in total. The molecule has 0 aromatic heterocycles. The van der Waals surface area contributed by atoms with Crippen molar-refractivity contribution in [1.29, 1.82) is 0 Å². The van der Waals surface area contributed by atoms with Crippen LogP contribution in [0.3, 0.4) is 0 Å². The average molecular weight is 394 g/mol. The molecule has 1 N–H and O–H groups in total. The van der Waals surface area contributed by atoms with Gasteiger partial charge >= 0.3 is 5.97 Å². The number of benzene rings is 2. The molecule has 0 saturated heterocycles. The Hall–Kier alpha value is -2.18. The lowest BCUT2D eigenvalue weighted by molar-refractivity contribution is -0.113. The van der Waals surface area contributed by atoms with Crippen molar-refractivity contribution in [3.05, 3.63) is 52.5 Å². The van der Waals surface area contributed by atoms with Crippen LogP contribution in [-0.4, -0.2) is 31.3 Å². The van der Waals surface area contributed by atoms with Crippen molar-refractivity contribution in [2.24, 2.45) is 0 Å². The number of carbonyl (C=O) groups excluding carboxylic acids is 2. The molecule has 0 spiro atoms. The first-order valence-corrected chi connectivity index (χ1v) is 9.35. The largest absolute Gasteiger partial charge is 0.496 e. The van der Waals surface area contributed by atoms with Crippen LogP contribution in [0.15, 0.2) is 41.3 Å². The molecular formula is C19H20ClNO4S. The maximum absolute atomic E-state index is 12.2. The summed E-state index contributed by atoms with van der Waals surface area (Å²) in [5.74, 6) is -0.210. The molecule has 0 unspecified atom stereocenters. The highest BCUT2D eigenvalue weighted by molar-refractivity contribution is 8.00. The van der Waals surface area contributed by atoms with Gasteiger partial charge in [-0.15, -0.1) is 11.8 Å². The van der Waals surface area contributed by atoms with E-state index in [0.29, 0.717) is 5.69 Å². The lowest BCUT2D eigenvalue weighted by atomic mass is 10.1. The molecule has 7 heteroatoms. The summed E-state index contributed by atoms with van der Waals surface area (Å²) in [5.41, 5.74) is 1.76. The smallest absolute Gasteiger partial charge is 0.341 e. The van der Waals surface area contributed by atoms with Gasteiger partial charge in [0.2, 0.25) is 5.91 Å². The minimum absolute atomic E-state index is 0.205. The molecule has 2 aromatic carbocycles. The summed E-state index contributed by atoms with van der Waals surface area (Å²) in [7, 11) is 1.44. The van der Waals surface area contributed by atoms with E-state index in [1.54, 1.807) is 6.92 Å². The molecule has 26 heavy (non-hydrogen) atoms. The highest BCUT2D eigenvalue weighted by Crippen LogP contribution is 2.32. The first-order chi connectivity index (χ1) is 12.4. The number of hydrogen-bond acceptors (Lipinski definition) is 5. The van der Waals surface area contributed by atoms with E-state index in [0.717, 1.165) is 4.90 Å². The molecule has 0 atom stereocenters. The Morgan fingerprint density at radius 2 is 1.88 bits per heavy atom. The summed E-state index contributed by atoms with van der Waals surface area (Å²) >= 11 is 7.62. The Morgan fingerprint density at radius 3 is 2.50 bits per heavy atom. The second-order valence-corrected chi connectivity index (χ2v) is 6.86. The topological polar surface area (TPSA) is 64.6 Å². The number of esters is 1. The minimum atomic E-state index is -0.529. The first-order valence-electron chi connectivity index (χ1n) is 7.98. The predicted molar refractivity (Wildman–Crippen MR) is 104 cm³/mol. The molecule has 1 amide bonds. The fourth-order valence-corrected chi connectivity index (χ4v) is 3.07. The fourth-order valence-electron chi connectivity index (χ4n) is 2.16. The van der Waals surface area contributed by atoms with E-state index in [4.69, 9.17) is 21.1 Å². The van der Waals surface area contributed by atoms with Crippen molar-refractivity contribution < 1.29 is 19.1 Å². The van der Waals surface area contributed by atoms with E-state index < -0.39 is 5.97 Å². The molecule has 0 aliphatic rings. The second kappa shape index (κ2) is 9.50. The summed E-state index contributed by atoms with van der Waals surface area (Å²) in [6.07, 6.45) is 0.